The van der Waals surface area contributed by atoms with Gasteiger partial charge in [-0.25, -0.2) is 9.87 Å². The number of amides is 1. The fourth-order valence-electron chi connectivity index (χ4n) is 2.95. The van der Waals surface area contributed by atoms with Crippen molar-refractivity contribution >= 4 is 5.91 Å². The maximum atomic E-state index is 13.1. The van der Waals surface area contributed by atoms with E-state index in [1.807, 2.05) is 18.2 Å². The average Bonchev–Trinajstić information content (AvgIpc) is 2.65. The van der Waals surface area contributed by atoms with Crippen LogP contribution in [-0.4, -0.2) is 18.2 Å². The lowest BCUT2D eigenvalue weighted by atomic mass is 9.91. The van der Waals surface area contributed by atoms with Crippen LogP contribution >= 0.6 is 0 Å². The van der Waals surface area contributed by atoms with Crippen LogP contribution in [0.25, 0.3) is 0 Å². The Balaban J connectivity index is 1.98. The van der Waals surface area contributed by atoms with E-state index in [-0.39, 0.29) is 17.8 Å². The van der Waals surface area contributed by atoms with E-state index >= 15 is 0 Å². The molecule has 0 radical (unpaired) electrons. The topological polar surface area (TPSA) is 58.6 Å². The van der Waals surface area contributed by atoms with Gasteiger partial charge in [-0.1, -0.05) is 42.5 Å². The predicted molar refractivity (Wildman–Crippen MR) is 93.6 cm³/mol. The number of aryl methyl sites for hydroxylation is 1. The van der Waals surface area contributed by atoms with Gasteiger partial charge in [-0.3, -0.25) is 10.0 Å². The molecule has 0 aromatic heterocycles. The summed E-state index contributed by atoms with van der Waals surface area (Å²) in [5.41, 5.74) is 3.77. The molecule has 4 nitrogen and oxygen atoms in total. The number of ether oxygens (including phenoxy) is 1. The van der Waals surface area contributed by atoms with Crippen LogP contribution in [-0.2, 0) is 16.0 Å². The SMILES string of the molecule is CO[C@H](C[C@H](CCCc1ccccc1)C(=O)NO)c1ccc(F)cc1. The number of methoxy groups -OCH3 is 1. The minimum absolute atomic E-state index is 0.314. The van der Waals surface area contributed by atoms with Crippen LogP contribution < -0.4 is 5.48 Å². The van der Waals surface area contributed by atoms with Gasteiger partial charge in [0.05, 0.1) is 6.10 Å². The van der Waals surface area contributed by atoms with Gasteiger partial charge in [0.1, 0.15) is 5.82 Å². The average molecular weight is 345 g/mol. The third-order valence-electron chi connectivity index (χ3n) is 4.37. The van der Waals surface area contributed by atoms with Gasteiger partial charge < -0.3 is 4.74 Å². The molecular weight excluding hydrogens is 321 g/mol. The summed E-state index contributed by atoms with van der Waals surface area (Å²) >= 11 is 0. The molecule has 0 spiro atoms. The maximum absolute atomic E-state index is 13.1. The fraction of sp³-hybridized carbons (Fsp3) is 0.350. The second kappa shape index (κ2) is 9.91. The highest BCUT2D eigenvalue weighted by atomic mass is 19.1. The Labute approximate surface area is 147 Å². The van der Waals surface area contributed by atoms with Crippen molar-refractivity contribution in [1.82, 2.24) is 5.48 Å². The first-order valence-electron chi connectivity index (χ1n) is 8.40. The van der Waals surface area contributed by atoms with E-state index in [0.717, 1.165) is 18.4 Å². The third-order valence-corrected chi connectivity index (χ3v) is 4.37. The molecular formula is C20H24FNO3. The van der Waals surface area contributed by atoms with Gasteiger partial charge in [0.2, 0.25) is 5.91 Å². The molecule has 0 aliphatic carbocycles. The number of rotatable bonds is 9. The highest BCUT2D eigenvalue weighted by Gasteiger charge is 2.23. The first kappa shape index (κ1) is 19.1. The summed E-state index contributed by atoms with van der Waals surface area (Å²) in [5.74, 6) is -1.12. The molecule has 2 aromatic rings. The maximum Gasteiger partial charge on any atom is 0.246 e. The molecule has 0 heterocycles. The molecule has 0 aliphatic rings. The van der Waals surface area contributed by atoms with Crippen molar-refractivity contribution < 1.29 is 19.1 Å². The number of halogens is 1. The Morgan fingerprint density at radius 2 is 1.84 bits per heavy atom. The standard InChI is InChI=1S/C20H24FNO3/c1-25-19(16-10-12-18(21)13-11-16)14-17(20(23)22-24)9-5-8-15-6-3-2-4-7-15/h2-4,6-7,10-13,17,19,24H,5,8-9,14H2,1H3,(H,22,23)/t17-,19+/m0/s1. The molecule has 1 amide bonds. The Morgan fingerprint density at radius 1 is 1.16 bits per heavy atom. The zero-order valence-corrected chi connectivity index (χ0v) is 14.3. The van der Waals surface area contributed by atoms with Crippen LogP contribution in [0, 0.1) is 11.7 Å². The van der Waals surface area contributed by atoms with E-state index in [9.17, 15) is 9.18 Å². The summed E-state index contributed by atoms with van der Waals surface area (Å²) in [5, 5.41) is 9.02. The molecule has 2 N–H and O–H groups in total. The molecule has 2 aromatic carbocycles. The van der Waals surface area contributed by atoms with Crippen LogP contribution in [0.1, 0.15) is 36.5 Å². The zero-order valence-electron chi connectivity index (χ0n) is 14.3. The Kier molecular flexibility index (Phi) is 7.57. The Morgan fingerprint density at radius 3 is 2.44 bits per heavy atom. The highest BCUT2D eigenvalue weighted by Crippen LogP contribution is 2.28. The minimum Gasteiger partial charge on any atom is -0.377 e. The number of hydrogen-bond acceptors (Lipinski definition) is 3. The quantitative estimate of drug-likeness (QED) is 0.532. The summed E-state index contributed by atoms with van der Waals surface area (Å²) < 4.78 is 18.6. The van der Waals surface area contributed by atoms with Crippen LogP contribution in [0.3, 0.4) is 0 Å². The van der Waals surface area contributed by atoms with E-state index < -0.39 is 5.91 Å². The van der Waals surface area contributed by atoms with Gasteiger partial charge in [0.15, 0.2) is 0 Å². The fourth-order valence-corrected chi connectivity index (χ4v) is 2.95. The van der Waals surface area contributed by atoms with Crippen LogP contribution in [0.4, 0.5) is 4.39 Å². The molecule has 0 fully saturated rings. The molecule has 0 saturated carbocycles. The van der Waals surface area contributed by atoms with Gasteiger partial charge in [-0.05, 0) is 48.9 Å². The van der Waals surface area contributed by atoms with Gasteiger partial charge in [0.25, 0.3) is 0 Å². The van der Waals surface area contributed by atoms with Crippen LogP contribution in [0.5, 0.6) is 0 Å². The second-order valence-electron chi connectivity index (χ2n) is 6.06. The van der Waals surface area contributed by atoms with E-state index in [1.165, 1.54) is 17.7 Å². The number of carbonyl (C=O) groups is 1. The molecule has 0 saturated heterocycles. The van der Waals surface area contributed by atoms with Crippen molar-refractivity contribution in [2.45, 2.75) is 31.8 Å². The van der Waals surface area contributed by atoms with Gasteiger partial charge in [-0.2, -0.15) is 0 Å². The van der Waals surface area contributed by atoms with Crippen LogP contribution in [0.2, 0.25) is 0 Å². The lowest BCUT2D eigenvalue weighted by molar-refractivity contribution is -0.135. The molecule has 0 aliphatic heterocycles. The minimum atomic E-state index is -0.419. The van der Waals surface area contributed by atoms with E-state index in [0.29, 0.717) is 12.8 Å². The number of hydroxylamine groups is 1. The van der Waals surface area contributed by atoms with Crippen molar-refractivity contribution in [2.75, 3.05) is 7.11 Å². The van der Waals surface area contributed by atoms with Crippen molar-refractivity contribution in [3.63, 3.8) is 0 Å². The summed E-state index contributed by atoms with van der Waals surface area (Å²) in [6, 6.07) is 16.1. The van der Waals surface area contributed by atoms with Crippen molar-refractivity contribution in [1.29, 1.82) is 0 Å². The summed E-state index contributed by atoms with van der Waals surface area (Å²) in [4.78, 5) is 12.0. The first-order valence-corrected chi connectivity index (χ1v) is 8.40. The first-order chi connectivity index (χ1) is 12.1. The number of carbonyl (C=O) groups excluding carboxylic acids is 1. The zero-order chi connectivity index (χ0) is 18.1. The molecule has 2 atom stereocenters. The lowest BCUT2D eigenvalue weighted by Crippen LogP contribution is -2.29. The largest absolute Gasteiger partial charge is 0.377 e. The smallest absolute Gasteiger partial charge is 0.246 e. The monoisotopic (exact) mass is 345 g/mol. The molecule has 0 unspecified atom stereocenters. The second-order valence-corrected chi connectivity index (χ2v) is 6.06. The molecule has 134 valence electrons. The summed E-state index contributed by atoms with van der Waals surface area (Å²) in [6.07, 6.45) is 2.40. The lowest BCUT2D eigenvalue weighted by Gasteiger charge is -2.22. The number of hydrogen-bond donors (Lipinski definition) is 2. The van der Waals surface area contributed by atoms with Gasteiger partial charge in [-0.15, -0.1) is 0 Å². The summed E-state index contributed by atoms with van der Waals surface area (Å²) in [6.45, 7) is 0. The Bertz CT molecular complexity index is 646. The van der Waals surface area contributed by atoms with Crippen molar-refractivity contribution in [3.8, 4) is 0 Å². The summed E-state index contributed by atoms with van der Waals surface area (Å²) in [7, 11) is 1.56. The third kappa shape index (κ3) is 5.96. The molecule has 25 heavy (non-hydrogen) atoms. The van der Waals surface area contributed by atoms with Crippen LogP contribution in [0.15, 0.2) is 54.6 Å². The number of benzene rings is 2. The highest BCUT2D eigenvalue weighted by molar-refractivity contribution is 5.77. The molecule has 2 rings (SSSR count). The molecule has 0 bridgehead atoms. The normalized spacial score (nSPS) is 13.2. The number of nitrogens with one attached hydrogen (secondary N) is 1. The van der Waals surface area contributed by atoms with Crippen molar-refractivity contribution in [3.05, 3.63) is 71.5 Å². The van der Waals surface area contributed by atoms with E-state index in [2.05, 4.69) is 12.1 Å². The Hall–Kier alpha value is -2.24. The van der Waals surface area contributed by atoms with Crippen molar-refractivity contribution in [2.24, 2.45) is 5.92 Å². The van der Waals surface area contributed by atoms with Gasteiger partial charge in [0, 0.05) is 13.0 Å². The van der Waals surface area contributed by atoms with E-state index in [1.54, 1.807) is 24.7 Å². The predicted octanol–water partition coefficient (Wildman–Crippen LogP) is 4.05. The van der Waals surface area contributed by atoms with Gasteiger partial charge >= 0.3 is 0 Å². The molecule has 5 heteroatoms. The van der Waals surface area contributed by atoms with E-state index in [4.69, 9.17) is 9.94 Å².